The molecule has 1 nitrogen and oxygen atoms in total. The molecule has 0 atom stereocenters. The first-order chi connectivity index (χ1) is 7.08. The molecule has 0 radical (unpaired) electrons. The molecule has 0 unspecified atom stereocenters. The Hall–Kier alpha value is -0.980. The molecule has 0 fully saturated rings. The monoisotopic (exact) mass is 205 g/mol. The Balaban J connectivity index is 2.94. The zero-order valence-corrected chi connectivity index (χ0v) is 10.6. The molecule has 0 aliphatic carbocycles. The highest BCUT2D eigenvalue weighted by atomic mass is 14.9. The number of aryl methyl sites for hydroxylation is 3. The highest BCUT2D eigenvalue weighted by molar-refractivity contribution is 5.58. The van der Waals surface area contributed by atoms with Gasteiger partial charge >= 0.3 is 0 Å². The van der Waals surface area contributed by atoms with Crippen LogP contribution in [0.4, 0.5) is 5.69 Å². The maximum atomic E-state index is 3.64. The summed E-state index contributed by atoms with van der Waals surface area (Å²) in [5.41, 5.74) is 5.40. The van der Waals surface area contributed by atoms with Crippen LogP contribution in [0.2, 0.25) is 0 Å². The van der Waals surface area contributed by atoms with Gasteiger partial charge in [-0.3, -0.25) is 0 Å². The van der Waals surface area contributed by atoms with Crippen LogP contribution < -0.4 is 5.32 Å². The predicted octanol–water partition coefficient (Wildman–Crippen LogP) is 4.21. The Morgan fingerprint density at radius 2 is 1.47 bits per heavy atom. The van der Waals surface area contributed by atoms with Crippen molar-refractivity contribution in [2.24, 2.45) is 0 Å². The van der Waals surface area contributed by atoms with Crippen LogP contribution in [0, 0.1) is 20.8 Å². The lowest BCUT2D eigenvalue weighted by Gasteiger charge is -2.20. The van der Waals surface area contributed by atoms with E-state index in [-0.39, 0.29) is 0 Å². The van der Waals surface area contributed by atoms with Crippen molar-refractivity contribution in [2.75, 3.05) is 5.32 Å². The largest absolute Gasteiger partial charge is 0.382 e. The first-order valence-corrected chi connectivity index (χ1v) is 5.92. The minimum absolute atomic E-state index is 0.602. The van der Waals surface area contributed by atoms with Gasteiger partial charge < -0.3 is 5.32 Å². The molecule has 0 saturated heterocycles. The number of rotatable bonds is 4. The van der Waals surface area contributed by atoms with Crippen molar-refractivity contribution in [2.45, 2.75) is 53.5 Å². The van der Waals surface area contributed by atoms with Crippen LogP contribution in [0.3, 0.4) is 0 Å². The summed E-state index contributed by atoms with van der Waals surface area (Å²) in [7, 11) is 0. The summed E-state index contributed by atoms with van der Waals surface area (Å²) in [5.74, 6) is 0. The number of benzene rings is 1. The smallest absolute Gasteiger partial charge is 0.0401 e. The van der Waals surface area contributed by atoms with E-state index in [1.54, 1.807) is 0 Å². The van der Waals surface area contributed by atoms with Crippen molar-refractivity contribution in [3.8, 4) is 0 Å². The third kappa shape index (κ3) is 2.98. The standard InChI is InChI=1S/C14H23N/c1-6-13(7-2)15-14-11(4)8-10(3)9-12(14)5/h8-9,13,15H,6-7H2,1-5H3. The number of hydrogen-bond donors (Lipinski definition) is 1. The zero-order chi connectivity index (χ0) is 11.4. The van der Waals surface area contributed by atoms with Crippen molar-refractivity contribution < 1.29 is 0 Å². The van der Waals surface area contributed by atoms with Crippen LogP contribution in [0.1, 0.15) is 43.4 Å². The summed E-state index contributed by atoms with van der Waals surface area (Å²) in [6, 6.07) is 5.10. The number of anilines is 1. The summed E-state index contributed by atoms with van der Waals surface area (Å²) in [6.07, 6.45) is 2.37. The van der Waals surface area contributed by atoms with Crippen LogP contribution in [-0.4, -0.2) is 6.04 Å². The fourth-order valence-corrected chi connectivity index (χ4v) is 2.10. The maximum Gasteiger partial charge on any atom is 0.0401 e. The van der Waals surface area contributed by atoms with Crippen LogP contribution in [0.25, 0.3) is 0 Å². The van der Waals surface area contributed by atoms with Gasteiger partial charge in [-0.25, -0.2) is 0 Å². The van der Waals surface area contributed by atoms with E-state index < -0.39 is 0 Å². The van der Waals surface area contributed by atoms with Gasteiger partial charge in [0.05, 0.1) is 0 Å². The lowest BCUT2D eigenvalue weighted by molar-refractivity contribution is 0.670. The number of hydrogen-bond acceptors (Lipinski definition) is 1. The Morgan fingerprint density at radius 3 is 1.87 bits per heavy atom. The predicted molar refractivity (Wildman–Crippen MR) is 68.6 cm³/mol. The van der Waals surface area contributed by atoms with Gasteiger partial charge in [-0.05, 0) is 44.7 Å². The Bertz CT molecular complexity index is 301. The molecule has 0 aliphatic heterocycles. The third-order valence-electron chi connectivity index (χ3n) is 3.01. The Kier molecular flexibility index (Phi) is 4.19. The maximum absolute atomic E-state index is 3.64. The molecule has 1 rings (SSSR count). The van der Waals surface area contributed by atoms with Gasteiger partial charge in [0.2, 0.25) is 0 Å². The Morgan fingerprint density at radius 1 is 1.00 bits per heavy atom. The molecule has 0 aromatic heterocycles. The quantitative estimate of drug-likeness (QED) is 0.776. The summed E-state index contributed by atoms with van der Waals surface area (Å²) < 4.78 is 0. The molecule has 1 aromatic rings. The van der Waals surface area contributed by atoms with E-state index in [4.69, 9.17) is 0 Å². The molecule has 0 bridgehead atoms. The van der Waals surface area contributed by atoms with Gasteiger partial charge in [0, 0.05) is 11.7 Å². The van der Waals surface area contributed by atoms with E-state index in [2.05, 4.69) is 52.1 Å². The van der Waals surface area contributed by atoms with Crippen LogP contribution in [0.5, 0.6) is 0 Å². The molecule has 0 saturated carbocycles. The zero-order valence-electron chi connectivity index (χ0n) is 10.6. The Labute approximate surface area is 93.9 Å². The fraction of sp³-hybridized carbons (Fsp3) is 0.571. The van der Waals surface area contributed by atoms with Crippen molar-refractivity contribution in [1.82, 2.24) is 0 Å². The minimum atomic E-state index is 0.602. The molecule has 1 heteroatoms. The number of nitrogens with one attached hydrogen (secondary N) is 1. The third-order valence-corrected chi connectivity index (χ3v) is 3.01. The second-order valence-corrected chi connectivity index (χ2v) is 4.43. The fourth-order valence-electron chi connectivity index (χ4n) is 2.10. The highest BCUT2D eigenvalue weighted by Crippen LogP contribution is 2.23. The van der Waals surface area contributed by atoms with Gasteiger partial charge in [0.1, 0.15) is 0 Å². The normalized spacial score (nSPS) is 10.8. The molecular weight excluding hydrogens is 182 g/mol. The van der Waals surface area contributed by atoms with Crippen LogP contribution in [-0.2, 0) is 0 Å². The molecule has 0 amide bonds. The van der Waals surface area contributed by atoms with E-state index in [0.717, 1.165) is 0 Å². The van der Waals surface area contributed by atoms with Crippen molar-refractivity contribution in [3.63, 3.8) is 0 Å². The summed E-state index contributed by atoms with van der Waals surface area (Å²) >= 11 is 0. The van der Waals surface area contributed by atoms with Crippen molar-refractivity contribution >= 4 is 5.69 Å². The lowest BCUT2D eigenvalue weighted by atomic mass is 10.0. The molecule has 0 spiro atoms. The van der Waals surface area contributed by atoms with Crippen LogP contribution in [0.15, 0.2) is 12.1 Å². The summed E-state index contributed by atoms with van der Waals surface area (Å²) in [4.78, 5) is 0. The molecule has 1 aromatic carbocycles. The van der Waals surface area contributed by atoms with Gasteiger partial charge in [-0.15, -0.1) is 0 Å². The molecule has 1 N–H and O–H groups in total. The first-order valence-electron chi connectivity index (χ1n) is 5.92. The molecule has 84 valence electrons. The SMILES string of the molecule is CCC(CC)Nc1c(C)cc(C)cc1C. The van der Waals surface area contributed by atoms with Crippen molar-refractivity contribution in [1.29, 1.82) is 0 Å². The van der Waals surface area contributed by atoms with Gasteiger partial charge in [0.15, 0.2) is 0 Å². The molecule has 0 heterocycles. The van der Waals surface area contributed by atoms with E-state index >= 15 is 0 Å². The highest BCUT2D eigenvalue weighted by Gasteiger charge is 2.07. The summed E-state index contributed by atoms with van der Waals surface area (Å²) in [5, 5.41) is 3.64. The molecular formula is C14H23N. The second kappa shape index (κ2) is 5.20. The van der Waals surface area contributed by atoms with Gasteiger partial charge in [-0.2, -0.15) is 0 Å². The second-order valence-electron chi connectivity index (χ2n) is 4.43. The average molecular weight is 205 g/mol. The van der Waals surface area contributed by atoms with E-state index in [1.807, 2.05) is 0 Å². The minimum Gasteiger partial charge on any atom is -0.382 e. The molecule has 0 aliphatic rings. The average Bonchev–Trinajstić information content (AvgIpc) is 2.17. The molecule has 15 heavy (non-hydrogen) atoms. The van der Waals surface area contributed by atoms with E-state index in [9.17, 15) is 0 Å². The van der Waals surface area contributed by atoms with Crippen molar-refractivity contribution in [3.05, 3.63) is 28.8 Å². The topological polar surface area (TPSA) is 12.0 Å². The van der Waals surface area contributed by atoms with E-state index in [0.29, 0.717) is 6.04 Å². The van der Waals surface area contributed by atoms with Crippen LogP contribution >= 0.6 is 0 Å². The lowest BCUT2D eigenvalue weighted by Crippen LogP contribution is -2.18. The summed E-state index contributed by atoms with van der Waals surface area (Å²) in [6.45, 7) is 11.0. The van der Waals surface area contributed by atoms with Gasteiger partial charge in [0.25, 0.3) is 0 Å². The van der Waals surface area contributed by atoms with E-state index in [1.165, 1.54) is 35.2 Å². The van der Waals surface area contributed by atoms with Gasteiger partial charge in [-0.1, -0.05) is 31.5 Å². The first kappa shape index (κ1) is 12.1.